The molecule has 3 atom stereocenters. The number of amides is 2. The van der Waals surface area contributed by atoms with Crippen LogP contribution in [0.15, 0.2) is 42.9 Å². The van der Waals surface area contributed by atoms with Crippen LogP contribution in [0.2, 0.25) is 0 Å². The van der Waals surface area contributed by atoms with Crippen molar-refractivity contribution in [1.82, 2.24) is 24.9 Å². The molecular formula is C28H27F2N7O4. The Morgan fingerprint density at radius 1 is 1.20 bits per heavy atom. The number of ether oxygens (including phenoxy) is 2. The SMILES string of the molecule is CC(C)(C)OC(=O)N1CC2C(C1)C2(C#N)c1ccc(-c2c(F)cc(N3C[C@H](Cn4ccnn4)OC3=O)cc2F)cn1. The van der Waals surface area contributed by atoms with Crippen LogP contribution >= 0.6 is 0 Å². The Kier molecular flexibility index (Phi) is 6.17. The highest BCUT2D eigenvalue weighted by atomic mass is 19.1. The smallest absolute Gasteiger partial charge is 0.414 e. The molecule has 2 aromatic heterocycles. The second kappa shape index (κ2) is 9.50. The number of benzene rings is 1. The molecule has 4 heterocycles. The molecule has 0 spiro atoms. The van der Waals surface area contributed by atoms with Gasteiger partial charge in [0.15, 0.2) is 0 Å². The average molecular weight is 564 g/mol. The number of cyclic esters (lactones) is 1. The standard InChI is InChI=1S/C28H27F2N7O4/c1-27(2,3)41-25(38)35-13-19-20(14-35)28(19,15-31)23-5-4-16(10-32-23)24-21(29)8-17(9-22(24)30)37-12-18(40-26(37)39)11-36-7-6-33-34-36/h4-10,18-20H,11-14H2,1-3H3/t18-,19?,20?,28?/m0/s1. The van der Waals surface area contributed by atoms with E-state index in [0.29, 0.717) is 18.8 Å². The third kappa shape index (κ3) is 4.63. The van der Waals surface area contributed by atoms with Gasteiger partial charge in [0.05, 0.1) is 42.3 Å². The van der Waals surface area contributed by atoms with Crippen molar-refractivity contribution < 1.29 is 27.8 Å². The predicted molar refractivity (Wildman–Crippen MR) is 139 cm³/mol. The summed E-state index contributed by atoms with van der Waals surface area (Å²) in [5, 5.41) is 17.6. The van der Waals surface area contributed by atoms with Crippen LogP contribution < -0.4 is 4.90 Å². The van der Waals surface area contributed by atoms with Crippen LogP contribution in [0.4, 0.5) is 24.1 Å². The summed E-state index contributed by atoms with van der Waals surface area (Å²) in [5.74, 6) is -1.93. The first-order chi connectivity index (χ1) is 19.5. The Bertz CT molecular complexity index is 1510. The Hall–Kier alpha value is -4.60. The third-order valence-electron chi connectivity index (χ3n) is 7.77. The van der Waals surface area contributed by atoms with Gasteiger partial charge in [-0.3, -0.25) is 9.88 Å². The van der Waals surface area contributed by atoms with E-state index in [9.17, 15) is 14.9 Å². The molecule has 3 fully saturated rings. The van der Waals surface area contributed by atoms with Crippen LogP contribution in [0.3, 0.4) is 0 Å². The highest BCUT2D eigenvalue weighted by Gasteiger charge is 2.71. The monoisotopic (exact) mass is 563 g/mol. The molecule has 2 saturated heterocycles. The third-order valence-corrected chi connectivity index (χ3v) is 7.77. The van der Waals surface area contributed by atoms with Crippen molar-refractivity contribution in [2.24, 2.45) is 11.8 Å². The number of fused-ring (bicyclic) bond motifs is 1. The maximum Gasteiger partial charge on any atom is 0.414 e. The zero-order valence-corrected chi connectivity index (χ0v) is 22.6. The number of hydrogen-bond acceptors (Lipinski definition) is 8. The van der Waals surface area contributed by atoms with Crippen LogP contribution in [0, 0.1) is 34.8 Å². The highest BCUT2D eigenvalue weighted by molar-refractivity contribution is 5.90. The van der Waals surface area contributed by atoms with Gasteiger partial charge in [0.25, 0.3) is 0 Å². The number of rotatable bonds is 5. The van der Waals surface area contributed by atoms with Gasteiger partial charge in [-0.15, -0.1) is 5.10 Å². The minimum Gasteiger partial charge on any atom is -0.444 e. The molecule has 2 unspecified atom stereocenters. The zero-order chi connectivity index (χ0) is 29.1. The summed E-state index contributed by atoms with van der Waals surface area (Å²) < 4.78 is 42.8. The minimum atomic E-state index is -0.867. The molecule has 0 bridgehead atoms. The van der Waals surface area contributed by atoms with Crippen LogP contribution in [0.25, 0.3) is 11.1 Å². The molecule has 1 saturated carbocycles. The van der Waals surface area contributed by atoms with Gasteiger partial charge in [0.2, 0.25) is 0 Å². The van der Waals surface area contributed by atoms with E-state index in [1.54, 1.807) is 37.9 Å². The summed E-state index contributed by atoms with van der Waals surface area (Å²) in [4.78, 5) is 32.0. The lowest BCUT2D eigenvalue weighted by Gasteiger charge is -2.27. The van der Waals surface area contributed by atoms with Crippen LogP contribution in [-0.4, -0.2) is 68.4 Å². The molecule has 0 radical (unpaired) electrons. The number of nitriles is 1. The number of halogens is 2. The zero-order valence-electron chi connectivity index (χ0n) is 22.6. The van der Waals surface area contributed by atoms with E-state index in [2.05, 4.69) is 21.4 Å². The first-order valence-corrected chi connectivity index (χ1v) is 13.2. The lowest BCUT2D eigenvalue weighted by molar-refractivity contribution is 0.0265. The number of piperidine rings is 1. The summed E-state index contributed by atoms with van der Waals surface area (Å²) in [7, 11) is 0. The molecule has 13 heteroatoms. The lowest BCUT2D eigenvalue weighted by Crippen LogP contribution is -2.39. The first kappa shape index (κ1) is 26.6. The second-order valence-corrected chi connectivity index (χ2v) is 11.5. The molecule has 212 valence electrons. The van der Waals surface area contributed by atoms with Gasteiger partial charge >= 0.3 is 12.2 Å². The fourth-order valence-electron chi connectivity index (χ4n) is 5.85. The number of carbonyl (C=O) groups excluding carboxylic acids is 2. The average Bonchev–Trinajstić information content (AvgIpc) is 3.41. The van der Waals surface area contributed by atoms with Crippen molar-refractivity contribution in [3.63, 3.8) is 0 Å². The molecule has 0 N–H and O–H groups in total. The Balaban J connectivity index is 1.16. The van der Waals surface area contributed by atoms with Crippen molar-refractivity contribution in [3.05, 3.63) is 60.2 Å². The minimum absolute atomic E-state index is 0.0307. The number of pyridine rings is 1. The molecule has 1 aliphatic carbocycles. The van der Waals surface area contributed by atoms with Crippen molar-refractivity contribution in [1.29, 1.82) is 5.26 Å². The summed E-state index contributed by atoms with van der Waals surface area (Å²) in [6.45, 7) is 6.49. The quantitative estimate of drug-likeness (QED) is 0.458. The molecular weight excluding hydrogens is 536 g/mol. The maximum atomic E-state index is 15.2. The molecule has 2 amide bonds. The summed E-state index contributed by atoms with van der Waals surface area (Å²) in [5.41, 5.74) is -1.05. The highest BCUT2D eigenvalue weighted by Crippen LogP contribution is 2.63. The second-order valence-electron chi connectivity index (χ2n) is 11.5. The lowest BCUT2D eigenvalue weighted by atomic mass is 9.95. The van der Waals surface area contributed by atoms with Gasteiger partial charge in [-0.05, 0) is 39.0 Å². The molecule has 6 rings (SSSR count). The number of anilines is 1. The van der Waals surface area contributed by atoms with Crippen LogP contribution in [0.5, 0.6) is 0 Å². The van der Waals surface area contributed by atoms with Gasteiger partial charge in [-0.2, -0.15) is 5.26 Å². The van der Waals surface area contributed by atoms with Gasteiger partial charge in [-0.1, -0.05) is 11.3 Å². The van der Waals surface area contributed by atoms with E-state index in [1.165, 1.54) is 28.0 Å². The van der Waals surface area contributed by atoms with E-state index in [0.717, 1.165) is 12.1 Å². The first-order valence-electron chi connectivity index (χ1n) is 13.2. The summed E-state index contributed by atoms with van der Waals surface area (Å²) in [6, 6.07) is 7.67. The maximum absolute atomic E-state index is 15.2. The Labute approximate surface area is 234 Å². The molecule has 3 aliphatic rings. The van der Waals surface area contributed by atoms with E-state index >= 15 is 8.78 Å². The fourth-order valence-corrected chi connectivity index (χ4v) is 5.85. The fraction of sp³-hybridized carbons (Fsp3) is 0.429. The number of nitrogens with zero attached hydrogens (tertiary/aromatic N) is 7. The van der Waals surface area contributed by atoms with E-state index in [4.69, 9.17) is 9.47 Å². The normalized spacial score (nSPS) is 25.1. The number of hydrogen-bond donors (Lipinski definition) is 0. The van der Waals surface area contributed by atoms with Crippen molar-refractivity contribution in [2.45, 2.75) is 44.4 Å². The van der Waals surface area contributed by atoms with Crippen molar-refractivity contribution >= 4 is 17.9 Å². The molecule has 1 aromatic carbocycles. The summed E-state index contributed by atoms with van der Waals surface area (Å²) >= 11 is 0. The van der Waals surface area contributed by atoms with Gasteiger partial charge < -0.3 is 14.4 Å². The van der Waals surface area contributed by atoms with Crippen LogP contribution in [-0.2, 0) is 21.4 Å². The van der Waals surface area contributed by atoms with Crippen LogP contribution in [0.1, 0.15) is 26.5 Å². The molecule has 11 nitrogen and oxygen atoms in total. The molecule has 3 aromatic rings. The number of carbonyl (C=O) groups is 2. The molecule has 2 aliphatic heterocycles. The van der Waals surface area contributed by atoms with E-state index < -0.39 is 40.9 Å². The Morgan fingerprint density at radius 2 is 1.90 bits per heavy atom. The largest absolute Gasteiger partial charge is 0.444 e. The van der Waals surface area contributed by atoms with E-state index in [1.807, 2.05) is 0 Å². The topological polar surface area (TPSA) is 126 Å². The Morgan fingerprint density at radius 3 is 2.46 bits per heavy atom. The van der Waals surface area contributed by atoms with Gasteiger partial charge in [0, 0.05) is 42.9 Å². The van der Waals surface area contributed by atoms with E-state index in [-0.39, 0.29) is 41.7 Å². The summed E-state index contributed by atoms with van der Waals surface area (Å²) in [6.07, 6.45) is 2.77. The van der Waals surface area contributed by atoms with Crippen molar-refractivity contribution in [2.75, 3.05) is 24.5 Å². The van der Waals surface area contributed by atoms with Gasteiger partial charge in [0.1, 0.15) is 28.8 Å². The van der Waals surface area contributed by atoms with Gasteiger partial charge in [-0.25, -0.2) is 23.1 Å². The van der Waals surface area contributed by atoms with Crippen molar-refractivity contribution in [3.8, 4) is 17.2 Å². The predicted octanol–water partition coefficient (Wildman–Crippen LogP) is 3.90. The number of aromatic nitrogens is 4. The number of likely N-dealkylation sites (tertiary alicyclic amines) is 1. The molecule has 41 heavy (non-hydrogen) atoms.